The largest absolute Gasteiger partial charge is 0.507 e. The quantitative estimate of drug-likeness (QED) is 0.336. The third-order valence-corrected chi connectivity index (χ3v) is 5.46. The fraction of sp³-hybridized carbons (Fsp3) is 0.200. The second kappa shape index (κ2) is 9.22. The number of aromatic hydroxyl groups is 1. The summed E-state index contributed by atoms with van der Waals surface area (Å²) in [6, 6.07) is 15.8. The Balaban J connectivity index is 1.65. The lowest BCUT2D eigenvalue weighted by molar-refractivity contribution is -0.125. The number of carbonyl (C=O) groups is 2. The van der Waals surface area contributed by atoms with Gasteiger partial charge in [0.05, 0.1) is 5.69 Å². The number of Topliss-reactive ketones (excluding diaryl/α,β-unsaturated/α-hetero) is 1. The highest BCUT2D eigenvalue weighted by atomic mass is 16.3. The van der Waals surface area contributed by atoms with Gasteiger partial charge in [0.15, 0.2) is 5.65 Å². The van der Waals surface area contributed by atoms with Gasteiger partial charge in [-0.15, -0.1) is 0 Å². The first-order valence-electron chi connectivity index (χ1n) is 10.5. The third-order valence-electron chi connectivity index (χ3n) is 5.46. The van der Waals surface area contributed by atoms with Crippen LogP contribution in [0, 0.1) is 0 Å². The number of ketones is 1. The van der Waals surface area contributed by atoms with E-state index in [1.807, 2.05) is 37.2 Å². The van der Waals surface area contributed by atoms with Crippen LogP contribution in [0.3, 0.4) is 0 Å². The van der Waals surface area contributed by atoms with Crippen molar-refractivity contribution in [2.75, 3.05) is 34.2 Å². The number of benzene rings is 2. The van der Waals surface area contributed by atoms with Crippen molar-refractivity contribution in [1.82, 2.24) is 25.0 Å². The van der Waals surface area contributed by atoms with E-state index in [1.165, 1.54) is 4.90 Å². The van der Waals surface area contributed by atoms with Gasteiger partial charge < -0.3 is 14.9 Å². The predicted molar refractivity (Wildman–Crippen MR) is 127 cm³/mol. The number of phenolic OH excluding ortho intramolecular Hbond substituents is 1. The summed E-state index contributed by atoms with van der Waals surface area (Å²) in [7, 11) is 5.46. The number of H-pyrrole nitrogens is 1. The predicted octanol–water partition coefficient (Wildman–Crippen LogP) is 3.20. The molecule has 2 aromatic heterocycles. The molecule has 0 saturated carbocycles. The average Bonchev–Trinajstić information content (AvgIpc) is 3.25. The number of phenols is 1. The molecule has 0 unspecified atom stereocenters. The van der Waals surface area contributed by atoms with Crippen LogP contribution in [0.5, 0.6) is 5.75 Å². The lowest BCUT2D eigenvalue weighted by Gasteiger charge is -2.19. The Morgan fingerprint density at radius 3 is 2.52 bits per heavy atom. The van der Waals surface area contributed by atoms with Gasteiger partial charge in [-0.05, 0) is 43.9 Å². The molecule has 0 aliphatic heterocycles. The molecule has 8 heteroatoms. The summed E-state index contributed by atoms with van der Waals surface area (Å²) < 4.78 is 0. The molecule has 4 rings (SSSR count). The van der Waals surface area contributed by atoms with Crippen molar-refractivity contribution in [3.63, 3.8) is 0 Å². The summed E-state index contributed by atoms with van der Waals surface area (Å²) in [6.45, 7) is 1.14. The van der Waals surface area contributed by atoms with Crippen molar-refractivity contribution in [2.24, 2.45) is 0 Å². The molecule has 168 valence electrons. The molecule has 0 atom stereocenters. The van der Waals surface area contributed by atoms with E-state index in [4.69, 9.17) is 0 Å². The summed E-state index contributed by atoms with van der Waals surface area (Å²) in [4.78, 5) is 33.2. The lowest BCUT2D eigenvalue weighted by atomic mass is 10.0. The summed E-state index contributed by atoms with van der Waals surface area (Å²) in [5, 5.41) is 18.2. The number of fused-ring (bicyclic) bond motifs is 1. The number of amides is 1. The van der Waals surface area contributed by atoms with Gasteiger partial charge >= 0.3 is 0 Å². The molecule has 33 heavy (non-hydrogen) atoms. The van der Waals surface area contributed by atoms with E-state index in [0.717, 1.165) is 16.5 Å². The zero-order valence-corrected chi connectivity index (χ0v) is 18.7. The number of nitrogens with one attached hydrogen (secondary N) is 1. The summed E-state index contributed by atoms with van der Waals surface area (Å²) in [5.41, 5.74) is 3.63. The summed E-state index contributed by atoms with van der Waals surface area (Å²) in [6.07, 6.45) is 1.67. The molecule has 4 aromatic rings. The number of aromatic nitrogens is 3. The van der Waals surface area contributed by atoms with Crippen LogP contribution < -0.4 is 0 Å². The Hall–Kier alpha value is -4.04. The molecule has 1 amide bonds. The van der Waals surface area contributed by atoms with E-state index in [-0.39, 0.29) is 5.75 Å². The number of rotatable bonds is 7. The minimum atomic E-state index is -0.551. The van der Waals surface area contributed by atoms with Gasteiger partial charge in [-0.1, -0.05) is 30.3 Å². The SMILES string of the molecule is CN(C)CCN(C)C(=O)C(=O)c1cccc(-c2cnc3n[nH]c(-c4ccccc4O)c3c2)c1. The molecule has 0 saturated heterocycles. The number of hydrogen-bond donors (Lipinski definition) is 2. The minimum Gasteiger partial charge on any atom is -0.507 e. The van der Waals surface area contributed by atoms with Gasteiger partial charge in [-0.2, -0.15) is 5.10 Å². The van der Waals surface area contributed by atoms with E-state index in [9.17, 15) is 14.7 Å². The van der Waals surface area contributed by atoms with Crippen LogP contribution in [-0.2, 0) is 4.79 Å². The Morgan fingerprint density at radius 2 is 1.76 bits per heavy atom. The molecule has 2 N–H and O–H groups in total. The molecular formula is C25H25N5O3. The number of carbonyl (C=O) groups excluding carboxylic acids is 2. The molecular weight excluding hydrogens is 418 g/mol. The topological polar surface area (TPSA) is 102 Å². The maximum atomic E-state index is 12.8. The Labute approximate surface area is 191 Å². The molecule has 2 aromatic carbocycles. The van der Waals surface area contributed by atoms with Gasteiger partial charge in [0.1, 0.15) is 5.75 Å². The second-order valence-electron chi connectivity index (χ2n) is 8.15. The first kappa shape index (κ1) is 22.2. The number of pyridine rings is 1. The van der Waals surface area contributed by atoms with E-state index < -0.39 is 11.7 Å². The lowest BCUT2D eigenvalue weighted by Crippen LogP contribution is -2.37. The number of nitrogens with zero attached hydrogens (tertiary/aromatic N) is 4. The maximum absolute atomic E-state index is 12.8. The maximum Gasteiger partial charge on any atom is 0.294 e. The fourth-order valence-corrected chi connectivity index (χ4v) is 3.54. The zero-order valence-electron chi connectivity index (χ0n) is 18.7. The van der Waals surface area contributed by atoms with Gasteiger partial charge in [-0.3, -0.25) is 14.7 Å². The first-order valence-corrected chi connectivity index (χ1v) is 10.5. The summed E-state index contributed by atoms with van der Waals surface area (Å²) >= 11 is 0. The Bertz CT molecular complexity index is 1330. The minimum absolute atomic E-state index is 0.137. The highest BCUT2D eigenvalue weighted by molar-refractivity contribution is 6.42. The van der Waals surface area contributed by atoms with E-state index in [0.29, 0.717) is 35.6 Å². The van der Waals surface area contributed by atoms with Gasteiger partial charge in [0.25, 0.3) is 5.91 Å². The van der Waals surface area contributed by atoms with Crippen LogP contribution in [-0.4, -0.2) is 76.0 Å². The summed E-state index contributed by atoms with van der Waals surface area (Å²) in [5.74, 6) is -0.956. The second-order valence-corrected chi connectivity index (χ2v) is 8.15. The van der Waals surface area contributed by atoms with Crippen molar-refractivity contribution in [3.05, 3.63) is 66.4 Å². The van der Waals surface area contributed by atoms with Crippen LogP contribution in [0.15, 0.2) is 60.8 Å². The average molecular weight is 444 g/mol. The first-order chi connectivity index (χ1) is 15.8. The zero-order chi connectivity index (χ0) is 23.5. The van der Waals surface area contributed by atoms with Crippen molar-refractivity contribution in [1.29, 1.82) is 0 Å². The van der Waals surface area contributed by atoms with Crippen LogP contribution in [0.1, 0.15) is 10.4 Å². The Morgan fingerprint density at radius 1 is 0.970 bits per heavy atom. The number of aromatic amines is 1. The van der Waals surface area contributed by atoms with Crippen LogP contribution >= 0.6 is 0 Å². The van der Waals surface area contributed by atoms with Crippen LogP contribution in [0.4, 0.5) is 0 Å². The van der Waals surface area contributed by atoms with E-state index in [2.05, 4.69) is 15.2 Å². The van der Waals surface area contributed by atoms with Gasteiger partial charge in [-0.25, -0.2) is 4.98 Å². The molecule has 0 aliphatic rings. The molecule has 0 fully saturated rings. The number of para-hydroxylation sites is 1. The van der Waals surface area contributed by atoms with Crippen LogP contribution in [0.2, 0.25) is 0 Å². The molecule has 2 heterocycles. The monoisotopic (exact) mass is 443 g/mol. The molecule has 0 bridgehead atoms. The molecule has 0 spiro atoms. The number of likely N-dealkylation sites (N-methyl/N-ethyl adjacent to an activating group) is 2. The standard InChI is InChI=1S/C25H25N5O3/c1-29(2)11-12-30(3)25(33)23(32)17-8-6-7-16(13-17)18-14-20-22(27-28-24(20)26-15-18)19-9-4-5-10-21(19)31/h4-10,13-15,31H,11-12H2,1-3H3,(H,26,27,28). The smallest absolute Gasteiger partial charge is 0.294 e. The fourth-order valence-electron chi connectivity index (χ4n) is 3.54. The third kappa shape index (κ3) is 4.61. The molecule has 8 nitrogen and oxygen atoms in total. The van der Waals surface area contributed by atoms with Gasteiger partial charge in [0, 0.05) is 48.4 Å². The Kier molecular flexibility index (Phi) is 6.19. The van der Waals surface area contributed by atoms with Crippen molar-refractivity contribution in [3.8, 4) is 28.1 Å². The normalized spacial score (nSPS) is 11.2. The van der Waals surface area contributed by atoms with Crippen LogP contribution in [0.25, 0.3) is 33.4 Å². The highest BCUT2D eigenvalue weighted by Crippen LogP contribution is 2.33. The van der Waals surface area contributed by atoms with Gasteiger partial charge in [0.2, 0.25) is 5.78 Å². The van der Waals surface area contributed by atoms with Crippen molar-refractivity contribution < 1.29 is 14.7 Å². The van der Waals surface area contributed by atoms with Crippen molar-refractivity contribution >= 4 is 22.7 Å². The molecule has 0 aliphatic carbocycles. The highest BCUT2D eigenvalue weighted by Gasteiger charge is 2.21. The van der Waals surface area contributed by atoms with Crippen molar-refractivity contribution in [2.45, 2.75) is 0 Å². The van der Waals surface area contributed by atoms with E-state index in [1.54, 1.807) is 49.6 Å². The number of hydrogen-bond acceptors (Lipinski definition) is 6. The van der Waals surface area contributed by atoms with E-state index >= 15 is 0 Å². The molecule has 0 radical (unpaired) electrons.